The summed E-state index contributed by atoms with van der Waals surface area (Å²) in [6, 6.07) is 5.68. The molecule has 0 saturated carbocycles. The lowest BCUT2D eigenvalue weighted by molar-refractivity contribution is -0.154. The molecule has 3 atom stereocenters. The van der Waals surface area contributed by atoms with E-state index in [0.717, 1.165) is 0 Å². The maximum atomic E-state index is 12.0. The van der Waals surface area contributed by atoms with Crippen LogP contribution in [-0.4, -0.2) is 28.2 Å². The second-order valence-electron chi connectivity index (χ2n) is 8.66. The van der Waals surface area contributed by atoms with Gasteiger partial charge in [-0.15, -0.1) is 0 Å². The number of nitrogen functional groups attached to an aromatic ring is 1. The molecule has 1 aromatic carbocycles. The molecule has 0 aliphatic carbocycles. The van der Waals surface area contributed by atoms with E-state index in [-0.39, 0.29) is 0 Å². The van der Waals surface area contributed by atoms with Crippen molar-refractivity contribution in [3.63, 3.8) is 0 Å². The van der Waals surface area contributed by atoms with Gasteiger partial charge in [0.25, 0.3) is 0 Å². The van der Waals surface area contributed by atoms with E-state index >= 15 is 0 Å². The van der Waals surface area contributed by atoms with Crippen LogP contribution in [0.1, 0.15) is 41.5 Å². The Bertz CT molecular complexity index is 612. The highest BCUT2D eigenvalue weighted by Crippen LogP contribution is 2.44. The van der Waals surface area contributed by atoms with Gasteiger partial charge in [0.05, 0.1) is 5.92 Å². The molecule has 0 saturated heterocycles. The molecule has 0 heterocycles. The Morgan fingerprint density at radius 3 is 1.72 bits per heavy atom. The van der Waals surface area contributed by atoms with Gasteiger partial charge in [-0.05, 0) is 35.1 Å². The molecular formula is C19H30N2O4. The van der Waals surface area contributed by atoms with Crippen LogP contribution in [0.2, 0.25) is 0 Å². The smallest absolute Gasteiger partial charge is 0.326 e. The topological polar surface area (TPSA) is 113 Å². The van der Waals surface area contributed by atoms with Gasteiger partial charge in [-0.1, -0.05) is 41.5 Å². The van der Waals surface area contributed by atoms with Crippen LogP contribution in [-0.2, 0) is 9.59 Å². The molecule has 1 aromatic rings. The first-order chi connectivity index (χ1) is 11.2. The van der Waals surface area contributed by atoms with Gasteiger partial charge in [0.1, 0.15) is 6.04 Å². The average molecular weight is 350 g/mol. The molecule has 0 radical (unpaired) electrons. The van der Waals surface area contributed by atoms with Crippen LogP contribution in [0, 0.1) is 22.7 Å². The number of rotatable bonds is 6. The van der Waals surface area contributed by atoms with Crippen LogP contribution in [0.5, 0.6) is 0 Å². The number of benzene rings is 1. The van der Waals surface area contributed by atoms with Crippen molar-refractivity contribution in [3.05, 3.63) is 24.3 Å². The molecule has 6 heteroatoms. The number of nitrogens with one attached hydrogen (secondary N) is 1. The Balaban J connectivity index is 3.39. The summed E-state index contributed by atoms with van der Waals surface area (Å²) in [6.07, 6.45) is 0. The fourth-order valence-corrected chi connectivity index (χ4v) is 3.32. The molecule has 0 bridgehead atoms. The Morgan fingerprint density at radius 1 is 0.920 bits per heavy atom. The molecule has 0 spiro atoms. The van der Waals surface area contributed by atoms with E-state index in [9.17, 15) is 19.8 Å². The lowest BCUT2D eigenvalue weighted by Gasteiger charge is -2.44. The number of hydrogen-bond acceptors (Lipinski definition) is 4. The Kier molecular flexibility index (Phi) is 6.10. The quantitative estimate of drug-likeness (QED) is 0.584. The molecule has 0 aliphatic rings. The first-order valence-corrected chi connectivity index (χ1v) is 8.33. The van der Waals surface area contributed by atoms with Gasteiger partial charge < -0.3 is 21.3 Å². The van der Waals surface area contributed by atoms with Crippen molar-refractivity contribution in [2.75, 3.05) is 11.1 Å². The second kappa shape index (κ2) is 7.33. The standard InChI is InChI=1S/C19H30N2O4/c1-18(2,3)13(14(16(22)23)19(4,5)6)15(17(24)25)21-12-9-7-11(20)8-10-12/h7-10,13-15,21H,20H2,1-6H3,(H,22,23)(H,24,25). The van der Waals surface area contributed by atoms with Crippen molar-refractivity contribution in [2.24, 2.45) is 22.7 Å². The van der Waals surface area contributed by atoms with Crippen LogP contribution >= 0.6 is 0 Å². The molecule has 1 rings (SSSR count). The number of carboxylic acids is 2. The van der Waals surface area contributed by atoms with E-state index in [4.69, 9.17) is 5.73 Å². The largest absolute Gasteiger partial charge is 0.481 e. The zero-order chi connectivity index (χ0) is 19.6. The highest BCUT2D eigenvalue weighted by molar-refractivity contribution is 5.80. The molecule has 140 valence electrons. The highest BCUT2D eigenvalue weighted by Gasteiger charge is 2.49. The Hall–Kier alpha value is -2.24. The van der Waals surface area contributed by atoms with E-state index in [2.05, 4.69) is 5.32 Å². The lowest BCUT2D eigenvalue weighted by atomic mass is 9.61. The summed E-state index contributed by atoms with van der Waals surface area (Å²) < 4.78 is 0. The van der Waals surface area contributed by atoms with Crippen LogP contribution < -0.4 is 11.1 Å². The third-order valence-corrected chi connectivity index (χ3v) is 4.42. The number of hydrogen-bond donors (Lipinski definition) is 4. The van der Waals surface area contributed by atoms with E-state index in [1.54, 1.807) is 24.3 Å². The van der Waals surface area contributed by atoms with Crippen LogP contribution in [0.3, 0.4) is 0 Å². The van der Waals surface area contributed by atoms with Gasteiger partial charge in [-0.25, -0.2) is 4.79 Å². The predicted octanol–water partition coefficient (Wildman–Crippen LogP) is 3.54. The van der Waals surface area contributed by atoms with Crippen LogP contribution in [0.15, 0.2) is 24.3 Å². The first kappa shape index (κ1) is 20.8. The van der Waals surface area contributed by atoms with Gasteiger partial charge in [-0.2, -0.15) is 0 Å². The normalized spacial score (nSPS) is 15.9. The molecule has 6 nitrogen and oxygen atoms in total. The fourth-order valence-electron chi connectivity index (χ4n) is 3.32. The van der Waals surface area contributed by atoms with Crippen molar-refractivity contribution >= 4 is 23.3 Å². The minimum atomic E-state index is -1.08. The summed E-state index contributed by atoms with van der Waals surface area (Å²) in [5.41, 5.74) is 5.69. The van der Waals surface area contributed by atoms with Crippen molar-refractivity contribution in [1.82, 2.24) is 0 Å². The number of aliphatic carboxylic acids is 2. The number of anilines is 2. The SMILES string of the molecule is CC(C)(C)C(C(=O)O)C(C(Nc1ccc(N)cc1)C(=O)O)C(C)(C)C. The summed E-state index contributed by atoms with van der Waals surface area (Å²) in [4.78, 5) is 24.1. The maximum absolute atomic E-state index is 12.0. The summed E-state index contributed by atoms with van der Waals surface area (Å²) in [5, 5.41) is 22.7. The molecule has 0 fully saturated rings. The molecule has 25 heavy (non-hydrogen) atoms. The summed E-state index contributed by atoms with van der Waals surface area (Å²) in [7, 11) is 0. The van der Waals surface area contributed by atoms with Gasteiger partial charge in [0.2, 0.25) is 0 Å². The fraction of sp³-hybridized carbons (Fsp3) is 0.579. The van der Waals surface area contributed by atoms with Crippen molar-refractivity contribution in [1.29, 1.82) is 0 Å². The molecule has 0 aromatic heterocycles. The number of carboxylic acid groups (broad SMARTS) is 2. The van der Waals surface area contributed by atoms with Crippen molar-refractivity contribution < 1.29 is 19.8 Å². The van der Waals surface area contributed by atoms with Crippen molar-refractivity contribution in [3.8, 4) is 0 Å². The van der Waals surface area contributed by atoms with Crippen LogP contribution in [0.25, 0.3) is 0 Å². The van der Waals surface area contributed by atoms with Gasteiger partial charge in [-0.3, -0.25) is 4.79 Å². The van der Waals surface area contributed by atoms with Gasteiger partial charge >= 0.3 is 11.9 Å². The minimum absolute atomic E-state index is 0.541. The minimum Gasteiger partial charge on any atom is -0.481 e. The number of nitrogens with two attached hydrogens (primary N) is 1. The van der Waals surface area contributed by atoms with E-state index in [1.807, 2.05) is 41.5 Å². The van der Waals surface area contributed by atoms with E-state index in [0.29, 0.717) is 11.4 Å². The van der Waals surface area contributed by atoms with E-state index < -0.39 is 40.6 Å². The maximum Gasteiger partial charge on any atom is 0.326 e. The van der Waals surface area contributed by atoms with Crippen molar-refractivity contribution in [2.45, 2.75) is 47.6 Å². The summed E-state index contributed by atoms with van der Waals surface area (Å²) >= 11 is 0. The second-order valence-corrected chi connectivity index (χ2v) is 8.66. The Morgan fingerprint density at radius 2 is 1.40 bits per heavy atom. The average Bonchev–Trinajstić information content (AvgIpc) is 2.41. The highest BCUT2D eigenvalue weighted by atomic mass is 16.4. The Labute approximate surface area is 149 Å². The molecule has 3 unspecified atom stereocenters. The van der Waals surface area contributed by atoms with Gasteiger partial charge in [0.15, 0.2) is 0 Å². The molecule has 5 N–H and O–H groups in total. The number of carbonyl (C=O) groups is 2. The first-order valence-electron chi connectivity index (χ1n) is 8.33. The molecule has 0 amide bonds. The van der Waals surface area contributed by atoms with E-state index in [1.165, 1.54) is 0 Å². The zero-order valence-electron chi connectivity index (χ0n) is 15.8. The molecular weight excluding hydrogens is 320 g/mol. The predicted molar refractivity (Wildman–Crippen MR) is 99.4 cm³/mol. The lowest BCUT2D eigenvalue weighted by Crippen LogP contribution is -2.52. The summed E-state index contributed by atoms with van der Waals surface area (Å²) in [5.74, 6) is -3.54. The zero-order valence-corrected chi connectivity index (χ0v) is 15.8. The third-order valence-electron chi connectivity index (χ3n) is 4.42. The third kappa shape index (κ3) is 5.37. The monoisotopic (exact) mass is 350 g/mol. The molecule has 0 aliphatic heterocycles. The summed E-state index contributed by atoms with van der Waals surface area (Å²) in [6.45, 7) is 11.1. The van der Waals surface area contributed by atoms with Gasteiger partial charge in [0, 0.05) is 17.3 Å². The van der Waals surface area contributed by atoms with Crippen LogP contribution in [0.4, 0.5) is 11.4 Å².